The van der Waals surface area contributed by atoms with Crippen LogP contribution in [0.5, 0.6) is 0 Å². The molecule has 3 aromatic rings. The normalized spacial score (nSPS) is 14.2. The lowest BCUT2D eigenvalue weighted by Gasteiger charge is -2.09. The van der Waals surface area contributed by atoms with E-state index in [4.69, 9.17) is 12.2 Å². The standard InChI is InChI=1S/C18H19N3O2S3/c1-9-10(2)25-8-12(9)15(22)20-21-17(23)14-11-6-4-3-5-7-13(11)26-16(14)19-18(21)24/h8H,3-7H2,1-2H3,(H,19,24)(H,20,22). The largest absolute Gasteiger partial charge is 0.322 e. The molecule has 5 nitrogen and oxygen atoms in total. The van der Waals surface area contributed by atoms with Crippen LogP contribution in [-0.2, 0) is 12.8 Å². The molecule has 26 heavy (non-hydrogen) atoms. The van der Waals surface area contributed by atoms with Gasteiger partial charge in [0.05, 0.1) is 10.9 Å². The Labute approximate surface area is 163 Å². The summed E-state index contributed by atoms with van der Waals surface area (Å²) >= 11 is 8.49. The van der Waals surface area contributed by atoms with Crippen molar-refractivity contribution in [2.45, 2.75) is 46.0 Å². The van der Waals surface area contributed by atoms with E-state index in [1.807, 2.05) is 19.2 Å². The van der Waals surface area contributed by atoms with Crippen molar-refractivity contribution < 1.29 is 4.79 Å². The zero-order valence-corrected chi connectivity index (χ0v) is 17.1. The van der Waals surface area contributed by atoms with Gasteiger partial charge in [-0.15, -0.1) is 22.7 Å². The van der Waals surface area contributed by atoms with Crippen LogP contribution in [0.3, 0.4) is 0 Å². The third-order valence-electron chi connectivity index (χ3n) is 5.01. The molecular weight excluding hydrogens is 386 g/mol. The molecule has 2 N–H and O–H groups in total. The molecule has 3 aromatic heterocycles. The Kier molecular flexibility index (Phi) is 4.58. The monoisotopic (exact) mass is 405 g/mol. The van der Waals surface area contributed by atoms with Gasteiger partial charge in [0.2, 0.25) is 4.77 Å². The number of nitrogens with zero attached hydrogens (tertiary/aromatic N) is 1. The van der Waals surface area contributed by atoms with E-state index in [1.54, 1.807) is 11.3 Å². The molecule has 1 aliphatic carbocycles. The van der Waals surface area contributed by atoms with Gasteiger partial charge in [0.1, 0.15) is 4.83 Å². The fraction of sp³-hybridized carbons (Fsp3) is 0.389. The zero-order chi connectivity index (χ0) is 18.4. The Morgan fingerprint density at radius 2 is 2.04 bits per heavy atom. The topological polar surface area (TPSA) is 66.9 Å². The second-order valence-corrected chi connectivity index (χ2v) is 9.19. The molecule has 0 spiro atoms. The molecule has 1 amide bonds. The number of carbonyl (C=O) groups is 1. The molecular formula is C18H19N3O2S3. The molecule has 0 aliphatic heterocycles. The molecule has 8 heteroatoms. The van der Waals surface area contributed by atoms with Gasteiger partial charge in [-0.25, -0.2) is 0 Å². The molecule has 0 bridgehead atoms. The molecule has 3 heterocycles. The number of aryl methyl sites for hydroxylation is 3. The first-order valence-electron chi connectivity index (χ1n) is 8.63. The second-order valence-electron chi connectivity index (χ2n) is 6.61. The summed E-state index contributed by atoms with van der Waals surface area (Å²) in [5, 5.41) is 2.49. The summed E-state index contributed by atoms with van der Waals surface area (Å²) in [6.07, 6.45) is 5.35. The highest BCUT2D eigenvalue weighted by molar-refractivity contribution is 7.71. The van der Waals surface area contributed by atoms with Crippen molar-refractivity contribution in [3.05, 3.63) is 46.9 Å². The van der Waals surface area contributed by atoms with Crippen molar-refractivity contribution in [1.29, 1.82) is 0 Å². The number of aromatic nitrogens is 2. The summed E-state index contributed by atoms with van der Waals surface area (Å²) < 4.78 is 1.40. The van der Waals surface area contributed by atoms with Gasteiger partial charge in [0.25, 0.3) is 11.5 Å². The number of fused-ring (bicyclic) bond motifs is 3. The van der Waals surface area contributed by atoms with Gasteiger partial charge in [-0.1, -0.05) is 6.42 Å². The first-order chi connectivity index (χ1) is 12.5. The van der Waals surface area contributed by atoms with Crippen LogP contribution >= 0.6 is 34.9 Å². The summed E-state index contributed by atoms with van der Waals surface area (Å²) in [6, 6.07) is 0. The smallest absolute Gasteiger partial charge is 0.282 e. The lowest BCUT2D eigenvalue weighted by molar-refractivity contribution is 0.101. The highest BCUT2D eigenvalue weighted by atomic mass is 32.1. The summed E-state index contributed by atoms with van der Waals surface area (Å²) in [5.41, 5.74) is 5.10. The average Bonchev–Trinajstić information content (AvgIpc) is 3.02. The van der Waals surface area contributed by atoms with E-state index in [-0.39, 0.29) is 16.2 Å². The molecule has 0 radical (unpaired) electrons. The summed E-state index contributed by atoms with van der Waals surface area (Å²) in [5.74, 6) is -0.311. The van der Waals surface area contributed by atoms with Crippen molar-refractivity contribution in [2.24, 2.45) is 0 Å². The minimum absolute atomic E-state index is 0.219. The molecule has 0 saturated carbocycles. The number of H-pyrrole nitrogens is 1. The third-order valence-corrected chi connectivity index (χ3v) is 7.51. The number of hydrogen-bond donors (Lipinski definition) is 2. The Morgan fingerprint density at radius 3 is 2.77 bits per heavy atom. The molecule has 0 atom stereocenters. The quantitative estimate of drug-likeness (QED) is 0.489. The van der Waals surface area contributed by atoms with Crippen LogP contribution in [0.15, 0.2) is 10.2 Å². The van der Waals surface area contributed by atoms with E-state index in [0.717, 1.165) is 46.5 Å². The van der Waals surface area contributed by atoms with Crippen LogP contribution in [0.4, 0.5) is 0 Å². The van der Waals surface area contributed by atoms with E-state index in [9.17, 15) is 9.59 Å². The predicted molar refractivity (Wildman–Crippen MR) is 110 cm³/mol. The van der Waals surface area contributed by atoms with Crippen molar-refractivity contribution in [3.8, 4) is 0 Å². The predicted octanol–water partition coefficient (Wildman–Crippen LogP) is 4.45. The van der Waals surface area contributed by atoms with Crippen LogP contribution in [0.2, 0.25) is 0 Å². The van der Waals surface area contributed by atoms with Crippen molar-refractivity contribution in [1.82, 2.24) is 9.66 Å². The fourth-order valence-electron chi connectivity index (χ4n) is 3.41. The van der Waals surface area contributed by atoms with Crippen molar-refractivity contribution in [2.75, 3.05) is 5.43 Å². The van der Waals surface area contributed by atoms with Crippen molar-refractivity contribution >= 4 is 51.0 Å². The Bertz CT molecular complexity index is 1130. The number of nitrogens with one attached hydrogen (secondary N) is 2. The van der Waals surface area contributed by atoms with Gasteiger partial charge in [-0.3, -0.25) is 15.0 Å². The maximum atomic E-state index is 13.1. The van der Waals surface area contributed by atoms with Crippen molar-refractivity contribution in [3.63, 3.8) is 0 Å². The highest BCUT2D eigenvalue weighted by Gasteiger charge is 2.21. The summed E-state index contributed by atoms with van der Waals surface area (Å²) in [7, 11) is 0. The number of thiophene rings is 2. The maximum absolute atomic E-state index is 13.1. The minimum Gasteiger partial charge on any atom is -0.322 e. The molecule has 0 unspecified atom stereocenters. The SMILES string of the molecule is Cc1scc(C(=O)Nn2c(=S)[nH]c3sc4c(c3c2=O)CCCCC4)c1C. The Balaban J connectivity index is 1.81. The van der Waals surface area contributed by atoms with E-state index in [0.29, 0.717) is 10.9 Å². The zero-order valence-electron chi connectivity index (χ0n) is 14.6. The van der Waals surface area contributed by atoms with Gasteiger partial charge in [0.15, 0.2) is 0 Å². The Hall–Kier alpha value is -1.77. The molecule has 1 aliphatic rings. The number of amides is 1. The van der Waals surface area contributed by atoms with Gasteiger partial charge >= 0.3 is 0 Å². The van der Waals surface area contributed by atoms with Crippen LogP contribution in [-0.4, -0.2) is 15.6 Å². The third kappa shape index (κ3) is 2.86. The average molecular weight is 406 g/mol. The van der Waals surface area contributed by atoms with Gasteiger partial charge in [-0.2, -0.15) is 4.68 Å². The second kappa shape index (κ2) is 6.75. The molecule has 4 rings (SSSR count). The van der Waals surface area contributed by atoms with Crippen LogP contribution in [0.1, 0.15) is 50.5 Å². The number of rotatable bonds is 2. The van der Waals surface area contributed by atoms with Crippen LogP contribution in [0, 0.1) is 18.6 Å². The van der Waals surface area contributed by atoms with Crippen LogP contribution < -0.4 is 11.0 Å². The number of aromatic amines is 1. The summed E-state index contributed by atoms with van der Waals surface area (Å²) in [4.78, 5) is 32.1. The van der Waals surface area contributed by atoms with E-state index in [2.05, 4.69) is 10.4 Å². The molecule has 0 fully saturated rings. The lowest BCUT2D eigenvalue weighted by atomic mass is 10.1. The number of carbonyl (C=O) groups excluding carboxylic acids is 1. The lowest BCUT2D eigenvalue weighted by Crippen LogP contribution is -2.34. The van der Waals surface area contributed by atoms with Crippen LogP contribution in [0.25, 0.3) is 10.2 Å². The van der Waals surface area contributed by atoms with E-state index >= 15 is 0 Å². The van der Waals surface area contributed by atoms with E-state index in [1.165, 1.54) is 27.3 Å². The fourth-order valence-corrected chi connectivity index (χ4v) is 5.86. The Morgan fingerprint density at radius 1 is 1.27 bits per heavy atom. The van der Waals surface area contributed by atoms with Gasteiger partial charge in [0, 0.05) is 15.1 Å². The first-order valence-corrected chi connectivity index (χ1v) is 10.7. The summed E-state index contributed by atoms with van der Waals surface area (Å²) in [6.45, 7) is 3.88. The van der Waals surface area contributed by atoms with E-state index < -0.39 is 0 Å². The minimum atomic E-state index is -0.311. The first kappa shape index (κ1) is 17.6. The van der Waals surface area contributed by atoms with Gasteiger partial charge < -0.3 is 4.98 Å². The maximum Gasteiger partial charge on any atom is 0.282 e. The molecule has 0 aromatic carbocycles. The molecule has 136 valence electrons. The number of hydrogen-bond acceptors (Lipinski definition) is 5. The highest BCUT2D eigenvalue weighted by Crippen LogP contribution is 2.32. The van der Waals surface area contributed by atoms with Gasteiger partial charge in [-0.05, 0) is 62.9 Å². The molecule has 0 saturated heterocycles.